The number of carbonyl (C=O) groups excluding carboxylic acids is 1. The van der Waals surface area contributed by atoms with Gasteiger partial charge in [-0.05, 0) is 43.3 Å². The average Bonchev–Trinajstić information content (AvgIpc) is 3.16. The molecule has 0 aliphatic rings. The number of para-hydroxylation sites is 1. The Labute approximate surface area is 168 Å². The fourth-order valence-electron chi connectivity index (χ4n) is 2.71. The number of aromatic nitrogens is 2. The van der Waals surface area contributed by atoms with E-state index in [-0.39, 0.29) is 12.1 Å². The Morgan fingerprint density at radius 1 is 1.13 bits per heavy atom. The van der Waals surface area contributed by atoms with Crippen molar-refractivity contribution in [1.29, 1.82) is 0 Å². The highest BCUT2D eigenvalue weighted by atomic mass is 19.4. The third-order valence-electron chi connectivity index (χ3n) is 3.95. The van der Waals surface area contributed by atoms with Gasteiger partial charge < -0.3 is 14.8 Å². The molecule has 10 heteroatoms. The Balaban J connectivity index is 1.73. The van der Waals surface area contributed by atoms with Crippen molar-refractivity contribution in [3.63, 3.8) is 0 Å². The Morgan fingerprint density at radius 3 is 2.63 bits per heavy atom. The lowest BCUT2D eigenvalue weighted by atomic mass is 10.1. The zero-order chi connectivity index (χ0) is 21.7. The third-order valence-corrected chi connectivity index (χ3v) is 3.95. The number of alkyl halides is 3. The number of amides is 1. The van der Waals surface area contributed by atoms with Crippen molar-refractivity contribution in [1.82, 2.24) is 15.5 Å². The minimum atomic E-state index is -4.92. The van der Waals surface area contributed by atoms with Gasteiger partial charge in [0.2, 0.25) is 0 Å². The van der Waals surface area contributed by atoms with Crippen LogP contribution in [-0.4, -0.2) is 29.1 Å². The van der Waals surface area contributed by atoms with Gasteiger partial charge in [0.25, 0.3) is 5.91 Å². The first-order valence-electron chi connectivity index (χ1n) is 8.87. The summed E-state index contributed by atoms with van der Waals surface area (Å²) in [7, 11) is 0. The van der Waals surface area contributed by atoms with E-state index in [4.69, 9.17) is 4.74 Å². The van der Waals surface area contributed by atoms with E-state index in [0.29, 0.717) is 29.3 Å². The summed E-state index contributed by atoms with van der Waals surface area (Å²) < 4.78 is 60.5. The quantitative estimate of drug-likeness (QED) is 0.551. The summed E-state index contributed by atoms with van der Waals surface area (Å²) >= 11 is 0. The molecule has 158 valence electrons. The number of halogens is 4. The van der Waals surface area contributed by atoms with Crippen LogP contribution in [0.3, 0.4) is 0 Å². The molecule has 0 radical (unpaired) electrons. The van der Waals surface area contributed by atoms with E-state index in [9.17, 15) is 22.4 Å². The van der Waals surface area contributed by atoms with Crippen LogP contribution in [-0.2, 0) is 6.54 Å². The predicted molar refractivity (Wildman–Crippen MR) is 99.4 cm³/mol. The van der Waals surface area contributed by atoms with E-state index < -0.39 is 23.8 Å². The molecule has 6 nitrogen and oxygen atoms in total. The lowest BCUT2D eigenvalue weighted by molar-refractivity contribution is -0.274. The molecule has 0 aliphatic carbocycles. The Kier molecular flexibility index (Phi) is 6.24. The van der Waals surface area contributed by atoms with Gasteiger partial charge in [0, 0.05) is 5.56 Å². The maximum absolute atomic E-state index is 13.6. The summed E-state index contributed by atoms with van der Waals surface area (Å²) in [5.74, 6) is -1.38. The molecule has 2 N–H and O–H groups in total. The van der Waals surface area contributed by atoms with Crippen LogP contribution in [0.15, 0.2) is 48.5 Å². The van der Waals surface area contributed by atoms with Gasteiger partial charge in [-0.15, -0.1) is 13.2 Å². The molecule has 0 saturated heterocycles. The minimum absolute atomic E-state index is 0.0501. The standard InChI is InChI=1S/C20H17F4N3O3/c1-2-29-17-8-7-12(21)9-15(17)16-10-13(26-27-16)11-25-19(28)14-5-3-4-6-18(14)30-20(22,23)24/h3-10H,2,11H2,1H3,(H,25,28)(H,26,27). The summed E-state index contributed by atoms with van der Waals surface area (Å²) in [5, 5.41) is 9.28. The number of rotatable bonds is 7. The molecule has 0 aliphatic heterocycles. The largest absolute Gasteiger partial charge is 0.573 e. The van der Waals surface area contributed by atoms with Gasteiger partial charge >= 0.3 is 6.36 Å². The molecule has 0 atom stereocenters. The molecule has 2 aromatic carbocycles. The maximum Gasteiger partial charge on any atom is 0.573 e. The van der Waals surface area contributed by atoms with Gasteiger partial charge in [-0.1, -0.05) is 12.1 Å². The Hall–Kier alpha value is -3.56. The lowest BCUT2D eigenvalue weighted by Gasteiger charge is -2.12. The van der Waals surface area contributed by atoms with E-state index in [1.54, 1.807) is 13.0 Å². The monoisotopic (exact) mass is 423 g/mol. The fraction of sp³-hybridized carbons (Fsp3) is 0.200. The molecule has 1 heterocycles. The van der Waals surface area contributed by atoms with Crippen LogP contribution >= 0.6 is 0 Å². The molecule has 3 aromatic rings. The van der Waals surface area contributed by atoms with Gasteiger partial charge in [0.05, 0.1) is 30.1 Å². The number of nitrogens with one attached hydrogen (secondary N) is 2. The highest BCUT2D eigenvalue weighted by molar-refractivity contribution is 5.96. The number of nitrogens with zero attached hydrogens (tertiary/aromatic N) is 1. The van der Waals surface area contributed by atoms with Crippen molar-refractivity contribution < 1.29 is 31.8 Å². The van der Waals surface area contributed by atoms with E-state index in [1.165, 1.54) is 36.4 Å². The van der Waals surface area contributed by atoms with Crippen LogP contribution in [0, 0.1) is 5.82 Å². The molecule has 0 spiro atoms. The number of H-pyrrole nitrogens is 1. The van der Waals surface area contributed by atoms with E-state index in [0.717, 1.165) is 6.07 Å². The summed E-state index contributed by atoms with van der Waals surface area (Å²) in [4.78, 5) is 12.3. The molecule has 0 fully saturated rings. The van der Waals surface area contributed by atoms with Crippen molar-refractivity contribution in [2.75, 3.05) is 6.61 Å². The highest BCUT2D eigenvalue weighted by Crippen LogP contribution is 2.30. The summed E-state index contributed by atoms with van der Waals surface area (Å²) in [6.45, 7) is 2.12. The van der Waals surface area contributed by atoms with Crippen molar-refractivity contribution >= 4 is 5.91 Å². The van der Waals surface area contributed by atoms with Crippen LogP contribution in [0.1, 0.15) is 23.0 Å². The SMILES string of the molecule is CCOc1ccc(F)cc1-c1cc(CNC(=O)c2ccccc2OC(F)(F)F)[nH]n1. The molecule has 0 unspecified atom stereocenters. The van der Waals surface area contributed by atoms with Crippen molar-refractivity contribution in [2.45, 2.75) is 19.8 Å². The number of ether oxygens (including phenoxy) is 2. The Morgan fingerprint density at radius 2 is 1.90 bits per heavy atom. The second kappa shape index (κ2) is 8.85. The summed E-state index contributed by atoms with van der Waals surface area (Å²) in [6, 6.07) is 10.6. The van der Waals surface area contributed by atoms with Gasteiger partial charge in [-0.3, -0.25) is 9.89 Å². The molecule has 30 heavy (non-hydrogen) atoms. The van der Waals surface area contributed by atoms with Crippen molar-refractivity contribution in [3.8, 4) is 22.8 Å². The molecule has 0 bridgehead atoms. The minimum Gasteiger partial charge on any atom is -0.493 e. The number of benzene rings is 2. The maximum atomic E-state index is 13.6. The molecular formula is C20H17F4N3O3. The Bertz CT molecular complexity index is 1030. The van der Waals surface area contributed by atoms with Gasteiger partial charge in [-0.25, -0.2) is 4.39 Å². The lowest BCUT2D eigenvalue weighted by Crippen LogP contribution is -2.25. The smallest absolute Gasteiger partial charge is 0.493 e. The molecule has 1 aromatic heterocycles. The zero-order valence-corrected chi connectivity index (χ0v) is 15.7. The van der Waals surface area contributed by atoms with Crippen LogP contribution in [0.5, 0.6) is 11.5 Å². The fourth-order valence-corrected chi connectivity index (χ4v) is 2.71. The second-order valence-corrected chi connectivity index (χ2v) is 6.08. The van der Waals surface area contributed by atoms with Crippen LogP contribution in [0.2, 0.25) is 0 Å². The summed E-state index contributed by atoms with van der Waals surface area (Å²) in [6.07, 6.45) is -4.92. The molecule has 3 rings (SSSR count). The molecule has 1 amide bonds. The van der Waals surface area contributed by atoms with Gasteiger partial charge in [0.15, 0.2) is 0 Å². The topological polar surface area (TPSA) is 76.2 Å². The molecular weight excluding hydrogens is 406 g/mol. The van der Waals surface area contributed by atoms with E-state index in [1.807, 2.05) is 0 Å². The van der Waals surface area contributed by atoms with E-state index in [2.05, 4.69) is 20.3 Å². The van der Waals surface area contributed by atoms with Gasteiger partial charge in [-0.2, -0.15) is 5.10 Å². The van der Waals surface area contributed by atoms with Crippen LogP contribution in [0.4, 0.5) is 17.6 Å². The normalized spacial score (nSPS) is 11.2. The predicted octanol–water partition coefficient (Wildman–Crippen LogP) is 4.44. The zero-order valence-electron chi connectivity index (χ0n) is 15.7. The first-order chi connectivity index (χ1) is 14.3. The third kappa shape index (κ3) is 5.28. The number of carbonyl (C=O) groups is 1. The number of aromatic amines is 1. The average molecular weight is 423 g/mol. The highest BCUT2D eigenvalue weighted by Gasteiger charge is 2.32. The molecule has 0 saturated carbocycles. The van der Waals surface area contributed by atoms with Crippen molar-refractivity contribution in [3.05, 3.63) is 65.6 Å². The summed E-state index contributed by atoms with van der Waals surface area (Å²) in [5.41, 5.74) is 1.01. The van der Waals surface area contributed by atoms with Crippen LogP contribution < -0.4 is 14.8 Å². The van der Waals surface area contributed by atoms with E-state index >= 15 is 0 Å². The van der Waals surface area contributed by atoms with Crippen LogP contribution in [0.25, 0.3) is 11.3 Å². The second-order valence-electron chi connectivity index (χ2n) is 6.08. The number of hydrogen-bond donors (Lipinski definition) is 2. The van der Waals surface area contributed by atoms with Crippen molar-refractivity contribution in [2.24, 2.45) is 0 Å². The number of hydrogen-bond acceptors (Lipinski definition) is 4. The first-order valence-corrected chi connectivity index (χ1v) is 8.87. The van der Waals surface area contributed by atoms with Gasteiger partial charge in [0.1, 0.15) is 17.3 Å². The first kappa shape index (κ1) is 21.2.